The topological polar surface area (TPSA) is 92.4 Å². The van der Waals surface area contributed by atoms with E-state index in [4.69, 9.17) is 10.1 Å². The van der Waals surface area contributed by atoms with Crippen LogP contribution in [0.15, 0.2) is 41.6 Å². The van der Waals surface area contributed by atoms with E-state index >= 15 is 0 Å². The van der Waals surface area contributed by atoms with E-state index < -0.39 is 42.6 Å². The number of nitrogens with zero attached hydrogens (tertiary/aromatic N) is 3. The van der Waals surface area contributed by atoms with Crippen molar-refractivity contribution < 1.29 is 36.9 Å². The average Bonchev–Trinajstić information content (AvgIpc) is 3.06. The molecule has 0 aliphatic carbocycles. The molecule has 2 aromatic rings. The van der Waals surface area contributed by atoms with Gasteiger partial charge in [0.2, 0.25) is 5.88 Å². The number of likely N-dealkylation sites (tertiary alicyclic amines) is 1. The summed E-state index contributed by atoms with van der Waals surface area (Å²) in [6, 6.07) is 4.89. The van der Waals surface area contributed by atoms with Gasteiger partial charge in [0.1, 0.15) is 18.9 Å². The number of pyridine rings is 1. The summed E-state index contributed by atoms with van der Waals surface area (Å²) in [6.45, 7) is 0.868. The summed E-state index contributed by atoms with van der Waals surface area (Å²) >= 11 is 0. The second-order valence-corrected chi connectivity index (χ2v) is 7.35. The van der Waals surface area contributed by atoms with Crippen LogP contribution in [0.4, 0.5) is 27.6 Å². The van der Waals surface area contributed by atoms with E-state index in [2.05, 4.69) is 15.5 Å². The molecule has 1 aliphatic rings. The zero-order valence-electron chi connectivity index (χ0n) is 17.4. The highest BCUT2D eigenvalue weighted by Crippen LogP contribution is 2.36. The molecule has 1 aromatic carbocycles. The van der Waals surface area contributed by atoms with E-state index in [9.17, 15) is 26.7 Å². The van der Waals surface area contributed by atoms with Crippen LogP contribution in [0, 0.1) is 6.92 Å². The van der Waals surface area contributed by atoms with Crippen LogP contribution < -0.4 is 15.6 Å². The van der Waals surface area contributed by atoms with E-state index in [0.717, 1.165) is 22.6 Å². The van der Waals surface area contributed by atoms with Crippen molar-refractivity contribution in [1.82, 2.24) is 9.88 Å². The first-order chi connectivity index (χ1) is 15.5. The normalized spacial score (nSPS) is 17.9. The fourth-order valence-electron chi connectivity index (χ4n) is 3.31. The van der Waals surface area contributed by atoms with Crippen molar-refractivity contribution in [3.8, 4) is 5.88 Å². The number of aromatic nitrogens is 1. The van der Waals surface area contributed by atoms with Gasteiger partial charge in [-0.05, 0) is 25.1 Å². The van der Waals surface area contributed by atoms with Crippen molar-refractivity contribution in [1.29, 1.82) is 0 Å². The molecule has 0 spiro atoms. The van der Waals surface area contributed by atoms with Crippen LogP contribution >= 0.6 is 0 Å². The molecule has 176 valence electrons. The monoisotopic (exact) mass is 470 g/mol. The minimum atomic E-state index is -4.58. The minimum absolute atomic E-state index is 0.125. The Morgan fingerprint density at radius 1 is 1.36 bits per heavy atom. The number of alkyl halides is 5. The molecule has 33 heavy (non-hydrogen) atoms. The lowest BCUT2D eigenvalue weighted by Gasteiger charge is -2.28. The van der Waals surface area contributed by atoms with Gasteiger partial charge in [-0.25, -0.2) is 13.8 Å². The predicted octanol–water partition coefficient (Wildman–Crippen LogP) is 2.57. The molecule has 2 heterocycles. The average molecular weight is 470 g/mol. The molecule has 0 radical (unpaired) electrons. The second-order valence-electron chi connectivity index (χ2n) is 7.35. The quantitative estimate of drug-likeness (QED) is 0.370. The van der Waals surface area contributed by atoms with Gasteiger partial charge in [-0.3, -0.25) is 15.6 Å². The number of nitrogens with two attached hydrogens (primary N) is 1. The SMILES string of the molecule is Cc1ccc(NN=CC=[NH2+])c(C(=O)N2CCC(F)(F)C2COc2ccc(C(F)(F)F)cn2)c1. The van der Waals surface area contributed by atoms with Gasteiger partial charge in [-0.1, -0.05) is 11.6 Å². The Labute approximate surface area is 185 Å². The zero-order valence-corrected chi connectivity index (χ0v) is 17.4. The summed E-state index contributed by atoms with van der Waals surface area (Å²) in [6.07, 6.45) is -2.19. The molecular formula is C21H21F5N5O2+. The highest BCUT2D eigenvalue weighted by atomic mass is 19.4. The first-order valence-corrected chi connectivity index (χ1v) is 9.81. The van der Waals surface area contributed by atoms with Gasteiger partial charge in [0.15, 0.2) is 6.21 Å². The third-order valence-electron chi connectivity index (χ3n) is 5.01. The number of hydrogen-bond donors (Lipinski definition) is 2. The summed E-state index contributed by atoms with van der Waals surface area (Å²) < 4.78 is 72.4. The standard InChI is InChI=1S/C21H20F5N5O2/c1-13-2-4-16(30-29-8-7-27)15(10-13)19(32)31-9-6-20(22,23)17(31)12-33-18-5-3-14(11-28-18)21(24,25)26/h2-5,7-8,10-11,17,27,30H,6,9,12H2,1H3/p+1. The summed E-state index contributed by atoms with van der Waals surface area (Å²) in [5.74, 6) is -4.19. The maximum Gasteiger partial charge on any atom is 0.417 e. The lowest BCUT2D eigenvalue weighted by molar-refractivity contribution is -0.137. The van der Waals surface area contributed by atoms with Crippen LogP contribution in [0.2, 0.25) is 0 Å². The van der Waals surface area contributed by atoms with Crippen LogP contribution in [-0.4, -0.2) is 53.3 Å². The van der Waals surface area contributed by atoms with Crippen LogP contribution in [0.5, 0.6) is 5.88 Å². The molecule has 1 saturated heterocycles. The smallest absolute Gasteiger partial charge is 0.417 e. The molecular weight excluding hydrogens is 449 g/mol. The Balaban J connectivity index is 1.80. The van der Waals surface area contributed by atoms with Crippen molar-refractivity contribution in [2.24, 2.45) is 5.10 Å². The third-order valence-corrected chi connectivity index (χ3v) is 5.01. The van der Waals surface area contributed by atoms with Crippen molar-refractivity contribution in [3.63, 3.8) is 0 Å². The summed E-state index contributed by atoms with van der Waals surface area (Å²) in [5, 5.41) is 9.05. The van der Waals surface area contributed by atoms with Gasteiger partial charge in [0, 0.05) is 25.2 Å². The molecule has 1 unspecified atom stereocenters. The number of benzene rings is 1. The van der Waals surface area contributed by atoms with Gasteiger partial charge in [0.25, 0.3) is 11.8 Å². The summed E-state index contributed by atoms with van der Waals surface area (Å²) in [7, 11) is 0. The fraction of sp³-hybridized carbons (Fsp3) is 0.333. The second kappa shape index (κ2) is 9.51. The molecule has 0 saturated carbocycles. The molecule has 0 bridgehead atoms. The van der Waals surface area contributed by atoms with Crippen LogP contribution in [0.1, 0.15) is 27.9 Å². The number of carbonyl (C=O) groups is 1. The Hall–Kier alpha value is -3.57. The Bertz CT molecular complexity index is 1040. The molecule has 3 N–H and O–H groups in total. The van der Waals surface area contributed by atoms with E-state index in [0.29, 0.717) is 11.9 Å². The minimum Gasteiger partial charge on any atom is -0.475 e. The number of aryl methyl sites for hydroxylation is 1. The number of nitrogens with one attached hydrogen (secondary N) is 1. The molecule has 1 fully saturated rings. The van der Waals surface area contributed by atoms with E-state index in [-0.39, 0.29) is 18.0 Å². The number of amides is 1. The summed E-state index contributed by atoms with van der Waals surface area (Å²) in [5.41, 5.74) is 2.80. The van der Waals surface area contributed by atoms with E-state index in [1.807, 2.05) is 0 Å². The van der Waals surface area contributed by atoms with Crippen molar-refractivity contribution in [2.45, 2.75) is 31.5 Å². The lowest BCUT2D eigenvalue weighted by Crippen LogP contribution is -2.46. The van der Waals surface area contributed by atoms with E-state index in [1.54, 1.807) is 19.1 Å². The lowest BCUT2D eigenvalue weighted by atomic mass is 10.1. The van der Waals surface area contributed by atoms with Gasteiger partial charge in [0.05, 0.1) is 16.8 Å². The van der Waals surface area contributed by atoms with Crippen molar-refractivity contribution >= 4 is 24.0 Å². The van der Waals surface area contributed by atoms with Crippen LogP contribution in [0.3, 0.4) is 0 Å². The highest BCUT2D eigenvalue weighted by molar-refractivity contribution is 6.13. The molecule has 1 aliphatic heterocycles. The first-order valence-electron chi connectivity index (χ1n) is 9.81. The van der Waals surface area contributed by atoms with Crippen molar-refractivity contribution in [3.05, 3.63) is 53.2 Å². The number of carbonyl (C=O) groups excluding carboxylic acids is 1. The highest BCUT2D eigenvalue weighted by Gasteiger charge is 2.51. The van der Waals surface area contributed by atoms with Crippen LogP contribution in [-0.2, 0) is 6.18 Å². The Morgan fingerprint density at radius 3 is 2.76 bits per heavy atom. The largest absolute Gasteiger partial charge is 0.475 e. The molecule has 1 amide bonds. The van der Waals surface area contributed by atoms with Gasteiger partial charge in [-0.2, -0.15) is 18.3 Å². The third kappa shape index (κ3) is 5.62. The zero-order chi connectivity index (χ0) is 24.2. The van der Waals surface area contributed by atoms with Gasteiger partial charge >= 0.3 is 6.18 Å². The fourth-order valence-corrected chi connectivity index (χ4v) is 3.31. The molecule has 7 nitrogen and oxygen atoms in total. The number of hydrogen-bond acceptors (Lipinski definition) is 5. The van der Waals surface area contributed by atoms with Gasteiger partial charge in [-0.15, -0.1) is 0 Å². The first kappa shape index (κ1) is 24.1. The maximum atomic E-state index is 14.6. The Kier molecular flexibility index (Phi) is 6.94. The number of ether oxygens (including phenoxy) is 1. The Morgan fingerprint density at radius 2 is 2.12 bits per heavy atom. The van der Waals surface area contributed by atoms with Gasteiger partial charge < -0.3 is 9.64 Å². The number of rotatable bonds is 7. The number of hydrazone groups is 1. The predicted molar refractivity (Wildman–Crippen MR) is 110 cm³/mol. The molecule has 3 rings (SSSR count). The maximum absolute atomic E-state index is 14.6. The summed E-state index contributed by atoms with van der Waals surface area (Å²) in [4.78, 5) is 17.7. The van der Waals surface area contributed by atoms with Crippen molar-refractivity contribution in [2.75, 3.05) is 18.6 Å². The van der Waals surface area contributed by atoms with Crippen LogP contribution in [0.25, 0.3) is 0 Å². The molecule has 12 heteroatoms. The number of anilines is 1. The molecule has 1 atom stereocenters. The van der Waals surface area contributed by atoms with E-state index in [1.165, 1.54) is 18.5 Å². The number of halogens is 5. The molecule has 1 aromatic heterocycles.